The minimum atomic E-state index is -1.18. The van der Waals surface area contributed by atoms with E-state index in [4.69, 9.17) is 10.5 Å². The molecule has 0 fully saturated rings. The highest BCUT2D eigenvalue weighted by Gasteiger charge is 2.19. The lowest BCUT2D eigenvalue weighted by molar-refractivity contribution is 0.0695. The summed E-state index contributed by atoms with van der Waals surface area (Å²) in [6.45, 7) is 3.98. The van der Waals surface area contributed by atoms with E-state index in [9.17, 15) is 24.6 Å². The maximum absolute atomic E-state index is 11.8. The van der Waals surface area contributed by atoms with Crippen LogP contribution < -0.4 is 10.5 Å². The second-order valence-corrected chi connectivity index (χ2v) is 9.01. The number of nitrogens with two attached hydrogens (primary N) is 1. The van der Waals surface area contributed by atoms with Crippen molar-refractivity contribution in [3.8, 4) is 17.0 Å². The molecular formula is C29H27N3O6. The molecule has 0 atom stereocenters. The predicted octanol–water partition coefficient (Wildman–Crippen LogP) is 4.37. The summed E-state index contributed by atoms with van der Waals surface area (Å²) < 4.78 is 7.60. The number of carbonyl (C=O) groups excluding carboxylic acids is 1. The number of ether oxygens (including phenoxy) is 1. The number of nitrogens with zero attached hydrogens (tertiary/aromatic N) is 2. The van der Waals surface area contributed by atoms with E-state index in [0.29, 0.717) is 34.7 Å². The van der Waals surface area contributed by atoms with Crippen LogP contribution in [0, 0.1) is 13.8 Å². The van der Waals surface area contributed by atoms with Gasteiger partial charge in [-0.3, -0.25) is 9.48 Å². The van der Waals surface area contributed by atoms with Crippen molar-refractivity contribution < 1.29 is 29.3 Å². The van der Waals surface area contributed by atoms with Gasteiger partial charge in [0.2, 0.25) is 0 Å². The van der Waals surface area contributed by atoms with E-state index in [1.165, 1.54) is 22.9 Å². The van der Waals surface area contributed by atoms with Gasteiger partial charge in [-0.1, -0.05) is 30.3 Å². The SMILES string of the molecule is Cc1cc(-c2nn(C)c(C(N)=O)c2C)ccc1OCc1ccccc1Cc1ccc(C(=O)O)cc1C(=O)O. The van der Waals surface area contributed by atoms with Crippen molar-refractivity contribution in [1.82, 2.24) is 9.78 Å². The molecule has 0 aliphatic heterocycles. The molecule has 0 spiro atoms. The summed E-state index contributed by atoms with van der Waals surface area (Å²) in [5.74, 6) is -2.23. The molecule has 38 heavy (non-hydrogen) atoms. The lowest BCUT2D eigenvalue weighted by Crippen LogP contribution is -2.16. The Morgan fingerprint density at radius 2 is 1.63 bits per heavy atom. The Morgan fingerprint density at radius 1 is 0.921 bits per heavy atom. The molecule has 4 aromatic rings. The second-order valence-electron chi connectivity index (χ2n) is 9.01. The summed E-state index contributed by atoms with van der Waals surface area (Å²) >= 11 is 0. The molecule has 9 nitrogen and oxygen atoms in total. The summed E-state index contributed by atoms with van der Waals surface area (Å²) in [5, 5.41) is 23.3. The quantitative estimate of drug-likeness (QED) is 0.301. The minimum Gasteiger partial charge on any atom is -0.489 e. The van der Waals surface area contributed by atoms with Gasteiger partial charge < -0.3 is 20.7 Å². The van der Waals surface area contributed by atoms with E-state index >= 15 is 0 Å². The Hall–Kier alpha value is -4.92. The highest BCUT2D eigenvalue weighted by molar-refractivity contribution is 5.95. The van der Waals surface area contributed by atoms with Crippen molar-refractivity contribution in [3.05, 3.63) is 105 Å². The van der Waals surface area contributed by atoms with Crippen molar-refractivity contribution in [2.75, 3.05) is 0 Å². The second kappa shape index (κ2) is 10.6. The van der Waals surface area contributed by atoms with Crippen molar-refractivity contribution in [2.45, 2.75) is 26.9 Å². The first-order valence-electron chi connectivity index (χ1n) is 11.8. The third-order valence-electron chi connectivity index (χ3n) is 6.44. The zero-order valence-corrected chi connectivity index (χ0v) is 21.2. The normalized spacial score (nSPS) is 10.8. The zero-order chi connectivity index (χ0) is 27.6. The van der Waals surface area contributed by atoms with E-state index < -0.39 is 17.8 Å². The van der Waals surface area contributed by atoms with Crippen LogP contribution >= 0.6 is 0 Å². The van der Waals surface area contributed by atoms with Crippen molar-refractivity contribution in [3.63, 3.8) is 0 Å². The highest BCUT2D eigenvalue weighted by atomic mass is 16.5. The van der Waals surface area contributed by atoms with Gasteiger partial charge in [-0.05, 0) is 72.9 Å². The molecule has 0 bridgehead atoms. The molecule has 194 valence electrons. The molecule has 0 aliphatic rings. The van der Waals surface area contributed by atoms with Crippen LogP contribution in [0.3, 0.4) is 0 Å². The molecule has 3 aromatic carbocycles. The topological polar surface area (TPSA) is 145 Å². The standard InChI is InChI=1S/C29H27N3O6/c1-16-12-20(25-17(2)26(27(30)33)32(3)31-25)10-11-24(16)38-15-22-7-5-4-6-18(22)13-19-8-9-21(28(34)35)14-23(19)29(36)37/h4-12,14H,13,15H2,1-3H3,(H2,30,33)(H,34,35)(H,36,37). The van der Waals surface area contributed by atoms with Gasteiger partial charge in [0.25, 0.3) is 5.91 Å². The molecule has 0 saturated carbocycles. The number of carboxylic acids is 2. The fourth-order valence-electron chi connectivity index (χ4n) is 4.50. The lowest BCUT2D eigenvalue weighted by Gasteiger charge is -2.14. The summed E-state index contributed by atoms with van der Waals surface area (Å²) in [4.78, 5) is 34.8. The first-order chi connectivity index (χ1) is 18.1. The third-order valence-corrected chi connectivity index (χ3v) is 6.44. The Bertz CT molecular complexity index is 1570. The van der Waals surface area contributed by atoms with Crippen molar-refractivity contribution >= 4 is 17.8 Å². The van der Waals surface area contributed by atoms with E-state index in [-0.39, 0.29) is 17.7 Å². The van der Waals surface area contributed by atoms with Crippen LogP contribution in [-0.2, 0) is 20.1 Å². The zero-order valence-electron chi connectivity index (χ0n) is 21.2. The first kappa shape index (κ1) is 26.2. The maximum Gasteiger partial charge on any atom is 0.336 e. The van der Waals surface area contributed by atoms with E-state index in [0.717, 1.165) is 22.3 Å². The van der Waals surface area contributed by atoms with Crippen LogP contribution in [0.4, 0.5) is 0 Å². The number of carbonyl (C=O) groups is 3. The average Bonchev–Trinajstić information content (AvgIpc) is 3.17. The van der Waals surface area contributed by atoms with Gasteiger partial charge in [-0.2, -0.15) is 5.10 Å². The Labute approximate surface area is 219 Å². The molecular weight excluding hydrogens is 486 g/mol. The van der Waals surface area contributed by atoms with Crippen LogP contribution in [-0.4, -0.2) is 37.8 Å². The van der Waals surface area contributed by atoms with Gasteiger partial charge in [-0.15, -0.1) is 0 Å². The first-order valence-corrected chi connectivity index (χ1v) is 11.8. The number of hydrogen-bond acceptors (Lipinski definition) is 5. The highest BCUT2D eigenvalue weighted by Crippen LogP contribution is 2.30. The van der Waals surface area contributed by atoms with Gasteiger partial charge in [0.05, 0.1) is 16.8 Å². The number of primary amides is 1. The summed E-state index contributed by atoms with van der Waals surface area (Å²) in [5.41, 5.74) is 11.1. The molecule has 0 saturated heterocycles. The van der Waals surface area contributed by atoms with Gasteiger partial charge in [-0.25, -0.2) is 9.59 Å². The molecule has 1 amide bonds. The number of aromatic nitrogens is 2. The molecule has 0 radical (unpaired) electrons. The number of benzene rings is 3. The molecule has 0 aliphatic carbocycles. The van der Waals surface area contributed by atoms with Crippen LogP contribution in [0.1, 0.15) is 59.0 Å². The Kier molecular flexibility index (Phi) is 7.29. The molecule has 4 N–H and O–H groups in total. The fourth-order valence-corrected chi connectivity index (χ4v) is 4.50. The van der Waals surface area contributed by atoms with Crippen LogP contribution in [0.15, 0.2) is 60.7 Å². The smallest absolute Gasteiger partial charge is 0.336 e. The third kappa shape index (κ3) is 5.27. The summed E-state index contributed by atoms with van der Waals surface area (Å²) in [6.07, 6.45) is 0.306. The molecule has 4 rings (SSSR count). The van der Waals surface area contributed by atoms with E-state index in [2.05, 4.69) is 5.10 Å². The maximum atomic E-state index is 11.8. The van der Waals surface area contributed by atoms with Crippen LogP contribution in [0.25, 0.3) is 11.3 Å². The van der Waals surface area contributed by atoms with Gasteiger partial charge in [0.1, 0.15) is 18.1 Å². The number of aromatic carboxylic acids is 2. The number of amides is 1. The van der Waals surface area contributed by atoms with Crippen LogP contribution in [0.5, 0.6) is 5.75 Å². The van der Waals surface area contributed by atoms with Gasteiger partial charge in [0, 0.05) is 18.2 Å². The minimum absolute atomic E-state index is 0.0450. The van der Waals surface area contributed by atoms with Gasteiger partial charge >= 0.3 is 11.9 Å². The van der Waals surface area contributed by atoms with E-state index in [1.807, 2.05) is 56.3 Å². The lowest BCUT2D eigenvalue weighted by atomic mass is 9.95. The Balaban J connectivity index is 1.56. The fraction of sp³-hybridized carbons (Fsp3) is 0.172. The molecule has 1 heterocycles. The van der Waals surface area contributed by atoms with Crippen molar-refractivity contribution in [1.29, 1.82) is 0 Å². The number of carboxylic acid groups (broad SMARTS) is 2. The number of aryl methyl sites for hydroxylation is 2. The van der Waals surface area contributed by atoms with Crippen molar-refractivity contribution in [2.24, 2.45) is 12.8 Å². The molecule has 9 heteroatoms. The number of hydrogen-bond donors (Lipinski definition) is 3. The summed E-state index contributed by atoms with van der Waals surface area (Å²) in [6, 6.07) is 17.3. The Morgan fingerprint density at radius 3 is 2.24 bits per heavy atom. The summed E-state index contributed by atoms with van der Waals surface area (Å²) in [7, 11) is 1.68. The van der Waals surface area contributed by atoms with Gasteiger partial charge in [0.15, 0.2) is 0 Å². The molecule has 1 aromatic heterocycles. The average molecular weight is 514 g/mol. The van der Waals surface area contributed by atoms with Crippen LogP contribution in [0.2, 0.25) is 0 Å². The molecule has 0 unspecified atom stereocenters. The number of rotatable bonds is 9. The predicted molar refractivity (Wildman–Crippen MR) is 141 cm³/mol. The van der Waals surface area contributed by atoms with E-state index in [1.54, 1.807) is 7.05 Å². The monoisotopic (exact) mass is 513 g/mol. The largest absolute Gasteiger partial charge is 0.489 e.